The Hall–Kier alpha value is -0.120. The Balaban J connectivity index is 1.83. The maximum Gasteiger partial charge on any atom is 0.0512 e. The molecule has 0 aromatic heterocycles. The van der Waals surface area contributed by atoms with Crippen LogP contribution < -0.4 is 10.6 Å². The van der Waals surface area contributed by atoms with E-state index in [1.807, 2.05) is 6.92 Å². The number of hydrogen-bond donors (Lipinski definition) is 3. The van der Waals surface area contributed by atoms with Crippen LogP contribution in [0.15, 0.2) is 0 Å². The monoisotopic (exact) mass is 200 g/mol. The van der Waals surface area contributed by atoms with E-state index < -0.39 is 0 Å². The summed E-state index contributed by atoms with van der Waals surface area (Å²) in [6.07, 6.45) is 4.52. The molecular formula is C11H24N2O. The minimum absolute atomic E-state index is 0.156. The van der Waals surface area contributed by atoms with Crippen LogP contribution in [-0.4, -0.2) is 36.4 Å². The number of aliphatic hydroxyl groups is 1. The van der Waals surface area contributed by atoms with E-state index >= 15 is 0 Å². The Labute approximate surface area is 87.3 Å². The van der Waals surface area contributed by atoms with Crippen LogP contribution in [0.3, 0.4) is 0 Å². The highest BCUT2D eigenvalue weighted by Crippen LogP contribution is 2.18. The largest absolute Gasteiger partial charge is 0.393 e. The SMILES string of the molecule is CC(O)CCCNC(C)CNC1CC1. The first-order chi connectivity index (χ1) is 6.68. The molecule has 0 spiro atoms. The highest BCUT2D eigenvalue weighted by atomic mass is 16.3. The van der Waals surface area contributed by atoms with E-state index in [0.29, 0.717) is 6.04 Å². The molecule has 14 heavy (non-hydrogen) atoms. The zero-order chi connectivity index (χ0) is 10.4. The van der Waals surface area contributed by atoms with Crippen LogP contribution in [-0.2, 0) is 0 Å². The molecule has 0 amide bonds. The Kier molecular flexibility index (Phi) is 5.45. The number of rotatable bonds is 8. The van der Waals surface area contributed by atoms with Gasteiger partial charge in [-0.2, -0.15) is 0 Å². The summed E-state index contributed by atoms with van der Waals surface area (Å²) in [6, 6.07) is 1.35. The van der Waals surface area contributed by atoms with E-state index in [1.54, 1.807) is 0 Å². The third-order valence-corrected chi connectivity index (χ3v) is 2.58. The van der Waals surface area contributed by atoms with Gasteiger partial charge in [0, 0.05) is 18.6 Å². The minimum Gasteiger partial charge on any atom is -0.393 e. The quantitative estimate of drug-likeness (QED) is 0.510. The summed E-state index contributed by atoms with van der Waals surface area (Å²) in [4.78, 5) is 0. The average molecular weight is 200 g/mol. The van der Waals surface area contributed by atoms with E-state index in [-0.39, 0.29) is 6.10 Å². The maximum absolute atomic E-state index is 9.06. The molecule has 0 heterocycles. The minimum atomic E-state index is -0.156. The molecule has 0 aromatic carbocycles. The van der Waals surface area contributed by atoms with Crippen molar-refractivity contribution in [1.82, 2.24) is 10.6 Å². The van der Waals surface area contributed by atoms with Gasteiger partial charge >= 0.3 is 0 Å². The average Bonchev–Trinajstić information content (AvgIpc) is 2.92. The molecule has 3 N–H and O–H groups in total. The van der Waals surface area contributed by atoms with Crippen molar-refractivity contribution in [3.63, 3.8) is 0 Å². The molecule has 0 aliphatic heterocycles. The van der Waals surface area contributed by atoms with Crippen LogP contribution in [0.5, 0.6) is 0 Å². The fraction of sp³-hybridized carbons (Fsp3) is 1.00. The van der Waals surface area contributed by atoms with Gasteiger partial charge in [0.2, 0.25) is 0 Å². The molecule has 1 aliphatic rings. The molecular weight excluding hydrogens is 176 g/mol. The summed E-state index contributed by atoms with van der Waals surface area (Å²) in [5.74, 6) is 0. The first kappa shape index (κ1) is 12.0. The summed E-state index contributed by atoms with van der Waals surface area (Å²) >= 11 is 0. The molecule has 0 saturated heterocycles. The predicted octanol–water partition coefficient (Wildman–Crippen LogP) is 0.877. The van der Waals surface area contributed by atoms with Crippen molar-refractivity contribution in [2.45, 2.75) is 57.7 Å². The van der Waals surface area contributed by atoms with Crippen LogP contribution in [0.25, 0.3) is 0 Å². The molecule has 0 radical (unpaired) electrons. The van der Waals surface area contributed by atoms with E-state index in [2.05, 4.69) is 17.6 Å². The first-order valence-corrected chi connectivity index (χ1v) is 5.83. The van der Waals surface area contributed by atoms with Crippen molar-refractivity contribution in [3.05, 3.63) is 0 Å². The van der Waals surface area contributed by atoms with Crippen molar-refractivity contribution in [3.8, 4) is 0 Å². The van der Waals surface area contributed by atoms with Crippen molar-refractivity contribution in [2.75, 3.05) is 13.1 Å². The van der Waals surface area contributed by atoms with Crippen molar-refractivity contribution in [1.29, 1.82) is 0 Å². The highest BCUT2D eigenvalue weighted by molar-refractivity contribution is 4.82. The number of nitrogens with one attached hydrogen (secondary N) is 2. The van der Waals surface area contributed by atoms with Gasteiger partial charge in [0.05, 0.1) is 6.10 Å². The van der Waals surface area contributed by atoms with E-state index in [1.165, 1.54) is 12.8 Å². The summed E-state index contributed by atoms with van der Waals surface area (Å²) in [7, 11) is 0. The van der Waals surface area contributed by atoms with Gasteiger partial charge in [0.1, 0.15) is 0 Å². The smallest absolute Gasteiger partial charge is 0.0512 e. The molecule has 1 rings (SSSR count). The van der Waals surface area contributed by atoms with Crippen molar-refractivity contribution < 1.29 is 5.11 Å². The van der Waals surface area contributed by atoms with E-state index in [0.717, 1.165) is 32.0 Å². The Bertz CT molecular complexity index is 146. The van der Waals surface area contributed by atoms with Gasteiger partial charge in [-0.1, -0.05) is 0 Å². The lowest BCUT2D eigenvalue weighted by atomic mass is 10.2. The number of hydrogen-bond acceptors (Lipinski definition) is 3. The highest BCUT2D eigenvalue weighted by Gasteiger charge is 2.20. The molecule has 1 fully saturated rings. The van der Waals surface area contributed by atoms with Gasteiger partial charge in [-0.15, -0.1) is 0 Å². The van der Waals surface area contributed by atoms with E-state index in [4.69, 9.17) is 5.11 Å². The molecule has 3 nitrogen and oxygen atoms in total. The third-order valence-electron chi connectivity index (χ3n) is 2.58. The zero-order valence-corrected chi connectivity index (χ0v) is 9.42. The zero-order valence-electron chi connectivity index (χ0n) is 9.42. The Morgan fingerprint density at radius 2 is 2.07 bits per heavy atom. The molecule has 2 atom stereocenters. The van der Waals surface area contributed by atoms with Crippen LogP contribution in [0.4, 0.5) is 0 Å². The normalized spacial score (nSPS) is 20.8. The maximum atomic E-state index is 9.06. The van der Waals surface area contributed by atoms with Crippen LogP contribution in [0.2, 0.25) is 0 Å². The van der Waals surface area contributed by atoms with Gasteiger partial charge in [0.25, 0.3) is 0 Å². The lowest BCUT2D eigenvalue weighted by molar-refractivity contribution is 0.181. The van der Waals surface area contributed by atoms with Crippen molar-refractivity contribution in [2.24, 2.45) is 0 Å². The first-order valence-electron chi connectivity index (χ1n) is 5.83. The third kappa shape index (κ3) is 6.35. The van der Waals surface area contributed by atoms with Crippen LogP contribution >= 0.6 is 0 Å². The van der Waals surface area contributed by atoms with Gasteiger partial charge in [-0.05, 0) is 46.1 Å². The van der Waals surface area contributed by atoms with Gasteiger partial charge in [0.15, 0.2) is 0 Å². The molecule has 0 bridgehead atoms. The predicted molar refractivity (Wildman–Crippen MR) is 59.4 cm³/mol. The summed E-state index contributed by atoms with van der Waals surface area (Å²) in [6.45, 7) is 6.13. The standard InChI is InChI=1S/C11H24N2O/c1-9(8-13-11-5-6-11)12-7-3-4-10(2)14/h9-14H,3-8H2,1-2H3. The van der Waals surface area contributed by atoms with E-state index in [9.17, 15) is 0 Å². The second kappa shape index (κ2) is 6.38. The second-order valence-electron chi connectivity index (χ2n) is 4.53. The summed E-state index contributed by atoms with van der Waals surface area (Å²) in [5, 5.41) is 16.0. The number of aliphatic hydroxyl groups excluding tert-OH is 1. The molecule has 1 saturated carbocycles. The lowest BCUT2D eigenvalue weighted by Gasteiger charge is -2.14. The van der Waals surface area contributed by atoms with Crippen LogP contribution in [0, 0.1) is 0 Å². The van der Waals surface area contributed by atoms with Gasteiger partial charge < -0.3 is 15.7 Å². The Morgan fingerprint density at radius 1 is 1.36 bits per heavy atom. The summed E-state index contributed by atoms with van der Waals surface area (Å²) < 4.78 is 0. The Morgan fingerprint density at radius 3 is 2.64 bits per heavy atom. The van der Waals surface area contributed by atoms with Crippen LogP contribution in [0.1, 0.15) is 39.5 Å². The lowest BCUT2D eigenvalue weighted by Crippen LogP contribution is -2.37. The molecule has 3 heteroatoms. The molecule has 1 aliphatic carbocycles. The molecule has 0 aromatic rings. The fourth-order valence-corrected chi connectivity index (χ4v) is 1.45. The summed E-state index contributed by atoms with van der Waals surface area (Å²) in [5.41, 5.74) is 0. The fourth-order valence-electron chi connectivity index (χ4n) is 1.45. The van der Waals surface area contributed by atoms with Crippen molar-refractivity contribution >= 4 is 0 Å². The molecule has 2 unspecified atom stereocenters. The molecule has 84 valence electrons. The topological polar surface area (TPSA) is 44.3 Å². The van der Waals surface area contributed by atoms with Gasteiger partial charge in [-0.3, -0.25) is 0 Å². The second-order valence-corrected chi connectivity index (χ2v) is 4.53. The van der Waals surface area contributed by atoms with Gasteiger partial charge in [-0.25, -0.2) is 0 Å².